The summed E-state index contributed by atoms with van der Waals surface area (Å²) in [6.07, 6.45) is 0.351. The van der Waals surface area contributed by atoms with Crippen molar-refractivity contribution >= 4 is 27.1 Å². The van der Waals surface area contributed by atoms with Crippen molar-refractivity contribution in [2.45, 2.75) is 13.3 Å². The van der Waals surface area contributed by atoms with Crippen molar-refractivity contribution in [3.05, 3.63) is 29.8 Å². The first-order valence-electron chi connectivity index (χ1n) is 6.22. The van der Waals surface area contributed by atoms with Gasteiger partial charge in [-0.1, -0.05) is 23.4 Å². The maximum Gasteiger partial charge on any atom is 0.228 e. The Morgan fingerprint density at radius 2 is 2.10 bits per heavy atom. The molecule has 0 aliphatic carbocycles. The van der Waals surface area contributed by atoms with E-state index < -0.39 is 15.8 Å². The standard InChI is InChI=1S/C13H16N2O4S/c1-9(15-17)11-4-2-3-5-12(11)14-13(16)10-6-7-20(18,19)8-10/h2-5,10,17H,6-8H2,1H3,(H,14,16). The van der Waals surface area contributed by atoms with E-state index in [0.717, 1.165) is 0 Å². The van der Waals surface area contributed by atoms with E-state index in [9.17, 15) is 13.2 Å². The Morgan fingerprint density at radius 3 is 2.70 bits per heavy atom. The fourth-order valence-corrected chi connectivity index (χ4v) is 3.94. The number of hydrogen-bond donors (Lipinski definition) is 2. The summed E-state index contributed by atoms with van der Waals surface area (Å²) in [5.41, 5.74) is 1.49. The van der Waals surface area contributed by atoms with Crippen LogP contribution < -0.4 is 5.32 Å². The first-order valence-corrected chi connectivity index (χ1v) is 8.04. The molecular weight excluding hydrogens is 280 g/mol. The number of carbonyl (C=O) groups excluding carboxylic acids is 1. The van der Waals surface area contributed by atoms with Crippen molar-refractivity contribution < 1.29 is 18.4 Å². The van der Waals surface area contributed by atoms with Crippen LogP contribution in [0.4, 0.5) is 5.69 Å². The molecule has 0 spiro atoms. The van der Waals surface area contributed by atoms with Gasteiger partial charge < -0.3 is 10.5 Å². The van der Waals surface area contributed by atoms with Crippen LogP contribution in [0.15, 0.2) is 29.4 Å². The molecule has 1 heterocycles. The number of para-hydroxylation sites is 1. The van der Waals surface area contributed by atoms with Gasteiger partial charge in [-0.2, -0.15) is 0 Å². The third kappa shape index (κ3) is 3.16. The van der Waals surface area contributed by atoms with Crippen LogP contribution in [0.1, 0.15) is 18.9 Å². The van der Waals surface area contributed by atoms with Crippen LogP contribution in [0.2, 0.25) is 0 Å². The molecule has 1 fully saturated rings. The summed E-state index contributed by atoms with van der Waals surface area (Å²) in [4.78, 5) is 12.1. The number of rotatable bonds is 3. The first kappa shape index (κ1) is 14.5. The number of nitrogens with zero attached hydrogens (tertiary/aromatic N) is 1. The molecule has 1 aromatic carbocycles. The van der Waals surface area contributed by atoms with Crippen molar-refractivity contribution in [1.82, 2.24) is 0 Å². The second-order valence-corrected chi connectivity index (χ2v) is 7.05. The predicted molar refractivity (Wildman–Crippen MR) is 75.8 cm³/mol. The molecular formula is C13H16N2O4S. The van der Waals surface area contributed by atoms with E-state index in [1.807, 2.05) is 0 Å². The van der Waals surface area contributed by atoms with Crippen molar-refractivity contribution in [2.24, 2.45) is 11.1 Å². The molecule has 1 aliphatic heterocycles. The van der Waals surface area contributed by atoms with Gasteiger partial charge in [-0.05, 0) is 19.4 Å². The van der Waals surface area contributed by atoms with Crippen molar-refractivity contribution in [2.75, 3.05) is 16.8 Å². The van der Waals surface area contributed by atoms with Gasteiger partial charge in [0, 0.05) is 11.3 Å². The minimum atomic E-state index is -3.09. The molecule has 0 bridgehead atoms. The molecule has 0 saturated carbocycles. The normalized spacial score (nSPS) is 21.6. The lowest BCUT2D eigenvalue weighted by Crippen LogP contribution is -2.24. The Kier molecular flexibility index (Phi) is 4.08. The zero-order valence-corrected chi connectivity index (χ0v) is 11.9. The fourth-order valence-electron chi connectivity index (χ4n) is 2.20. The van der Waals surface area contributed by atoms with Crippen LogP contribution in [-0.4, -0.2) is 36.7 Å². The van der Waals surface area contributed by atoms with Crippen molar-refractivity contribution in [3.63, 3.8) is 0 Å². The van der Waals surface area contributed by atoms with Crippen LogP contribution in [-0.2, 0) is 14.6 Å². The lowest BCUT2D eigenvalue weighted by molar-refractivity contribution is -0.119. The lowest BCUT2D eigenvalue weighted by atomic mass is 10.1. The van der Waals surface area contributed by atoms with Crippen LogP contribution in [0.25, 0.3) is 0 Å². The number of anilines is 1. The number of carbonyl (C=O) groups is 1. The predicted octanol–water partition coefficient (Wildman–Crippen LogP) is 1.26. The minimum Gasteiger partial charge on any atom is -0.411 e. The first-order chi connectivity index (χ1) is 9.43. The summed E-state index contributed by atoms with van der Waals surface area (Å²) < 4.78 is 22.8. The van der Waals surface area contributed by atoms with E-state index in [4.69, 9.17) is 5.21 Å². The number of hydrogen-bond acceptors (Lipinski definition) is 5. The highest BCUT2D eigenvalue weighted by molar-refractivity contribution is 7.91. The van der Waals surface area contributed by atoms with Gasteiger partial charge in [0.2, 0.25) is 5.91 Å². The molecule has 1 aliphatic rings. The molecule has 0 aromatic heterocycles. The van der Waals surface area contributed by atoms with Crippen LogP contribution in [0.5, 0.6) is 0 Å². The molecule has 1 amide bonds. The largest absolute Gasteiger partial charge is 0.411 e. The van der Waals surface area contributed by atoms with Gasteiger partial charge in [0.15, 0.2) is 9.84 Å². The summed E-state index contributed by atoms with van der Waals surface area (Å²) in [7, 11) is -3.09. The molecule has 6 nitrogen and oxygen atoms in total. The maximum absolute atomic E-state index is 12.1. The summed E-state index contributed by atoms with van der Waals surface area (Å²) in [5, 5.41) is 14.6. The highest BCUT2D eigenvalue weighted by atomic mass is 32.2. The molecule has 0 radical (unpaired) electrons. The van der Waals surface area contributed by atoms with Gasteiger partial charge in [-0.15, -0.1) is 0 Å². The SMILES string of the molecule is CC(=NO)c1ccccc1NC(=O)C1CCS(=O)(=O)C1. The third-order valence-electron chi connectivity index (χ3n) is 3.33. The van der Waals surface area contributed by atoms with Crippen LogP contribution in [0, 0.1) is 5.92 Å². The summed E-state index contributed by atoms with van der Waals surface area (Å²) >= 11 is 0. The lowest BCUT2D eigenvalue weighted by Gasteiger charge is -2.12. The number of amides is 1. The van der Waals surface area contributed by atoms with Crippen LogP contribution in [0.3, 0.4) is 0 Å². The average molecular weight is 296 g/mol. The molecule has 1 aromatic rings. The third-order valence-corrected chi connectivity index (χ3v) is 5.10. The van der Waals surface area contributed by atoms with E-state index in [1.165, 1.54) is 0 Å². The van der Waals surface area contributed by atoms with Gasteiger partial charge >= 0.3 is 0 Å². The Balaban J connectivity index is 2.17. The molecule has 2 rings (SSSR count). The smallest absolute Gasteiger partial charge is 0.228 e. The molecule has 1 unspecified atom stereocenters. The fraction of sp³-hybridized carbons (Fsp3) is 0.385. The van der Waals surface area contributed by atoms with E-state index in [2.05, 4.69) is 10.5 Å². The Bertz CT molecular complexity index is 652. The number of nitrogens with one attached hydrogen (secondary N) is 1. The number of benzene rings is 1. The van der Waals surface area contributed by atoms with Crippen molar-refractivity contribution in [1.29, 1.82) is 0 Å². The number of oxime groups is 1. The highest BCUT2D eigenvalue weighted by Gasteiger charge is 2.33. The zero-order valence-electron chi connectivity index (χ0n) is 11.0. The quantitative estimate of drug-likeness (QED) is 0.498. The number of sulfone groups is 1. The average Bonchev–Trinajstić information content (AvgIpc) is 2.79. The summed E-state index contributed by atoms with van der Waals surface area (Å²) in [5.74, 6) is -0.874. The maximum atomic E-state index is 12.1. The van der Waals surface area contributed by atoms with Crippen molar-refractivity contribution in [3.8, 4) is 0 Å². The van der Waals surface area contributed by atoms with E-state index in [-0.39, 0.29) is 17.4 Å². The molecule has 7 heteroatoms. The van der Waals surface area contributed by atoms with Gasteiger partial charge in [0.05, 0.1) is 23.1 Å². The molecule has 2 N–H and O–H groups in total. The van der Waals surface area contributed by atoms with Gasteiger partial charge in [-0.3, -0.25) is 4.79 Å². The topological polar surface area (TPSA) is 95.8 Å². The van der Waals surface area contributed by atoms with E-state index >= 15 is 0 Å². The summed E-state index contributed by atoms with van der Waals surface area (Å²) in [6.45, 7) is 1.62. The van der Waals surface area contributed by atoms with Gasteiger partial charge in [0.25, 0.3) is 0 Å². The molecule has 20 heavy (non-hydrogen) atoms. The minimum absolute atomic E-state index is 0.0594. The van der Waals surface area contributed by atoms with Crippen LogP contribution >= 0.6 is 0 Å². The Morgan fingerprint density at radius 1 is 1.40 bits per heavy atom. The second-order valence-electron chi connectivity index (χ2n) is 4.82. The summed E-state index contributed by atoms with van der Waals surface area (Å²) in [6, 6.07) is 6.91. The Labute approximate surface area is 117 Å². The molecule has 1 atom stereocenters. The van der Waals surface area contributed by atoms with E-state index in [0.29, 0.717) is 23.4 Å². The van der Waals surface area contributed by atoms with E-state index in [1.54, 1.807) is 31.2 Å². The van der Waals surface area contributed by atoms with Gasteiger partial charge in [-0.25, -0.2) is 8.42 Å². The monoisotopic (exact) mass is 296 g/mol. The highest BCUT2D eigenvalue weighted by Crippen LogP contribution is 2.22. The Hall–Kier alpha value is -1.89. The molecule has 1 saturated heterocycles. The van der Waals surface area contributed by atoms with Gasteiger partial charge in [0.1, 0.15) is 0 Å². The zero-order chi connectivity index (χ0) is 14.8. The second kappa shape index (κ2) is 5.62. The molecule has 108 valence electrons.